The summed E-state index contributed by atoms with van der Waals surface area (Å²) in [5.41, 5.74) is 0.346. The number of hydrogen-bond acceptors (Lipinski definition) is 4. The van der Waals surface area contributed by atoms with Crippen molar-refractivity contribution in [3.05, 3.63) is 0 Å². The Labute approximate surface area is 188 Å². The highest BCUT2D eigenvalue weighted by atomic mass is 127. The molecule has 0 bridgehead atoms. The first kappa shape index (κ1) is 24.2. The van der Waals surface area contributed by atoms with Gasteiger partial charge in [-0.15, -0.1) is 24.0 Å². The molecule has 1 aliphatic heterocycles. The Hall–Kier alpha value is -0.120. The van der Waals surface area contributed by atoms with E-state index in [9.17, 15) is 0 Å². The number of piperidine rings is 1. The van der Waals surface area contributed by atoms with Gasteiger partial charge < -0.3 is 25.0 Å². The standard InChI is InChI=1S/C21H40N4O2.HI/c1-4-27-19-16-18(21(19)10-5-6-11-21)24-20(22-2)23-17-8-13-25(14-9-17)12-7-15-26-3;/h17-19H,4-16H2,1-3H3,(H2,22,23,24);1H. The molecule has 2 unspecified atom stereocenters. The average molecular weight is 508 g/mol. The van der Waals surface area contributed by atoms with E-state index in [-0.39, 0.29) is 24.0 Å². The third-order valence-corrected chi connectivity index (χ3v) is 6.97. The zero-order chi connectivity index (χ0) is 19.1. The van der Waals surface area contributed by atoms with Crippen molar-refractivity contribution >= 4 is 29.9 Å². The number of nitrogens with one attached hydrogen (secondary N) is 2. The summed E-state index contributed by atoms with van der Waals surface area (Å²) in [6, 6.07) is 1.04. The van der Waals surface area contributed by atoms with Crippen molar-refractivity contribution in [2.45, 2.75) is 76.5 Å². The lowest BCUT2D eigenvalue weighted by Crippen LogP contribution is -2.65. The summed E-state index contributed by atoms with van der Waals surface area (Å²) in [6.07, 6.45) is 10.3. The van der Waals surface area contributed by atoms with Gasteiger partial charge in [0.1, 0.15) is 0 Å². The van der Waals surface area contributed by atoms with Gasteiger partial charge in [-0.3, -0.25) is 4.99 Å². The van der Waals surface area contributed by atoms with Crippen LogP contribution in [0.3, 0.4) is 0 Å². The Kier molecular flexibility index (Phi) is 10.3. The molecule has 6 nitrogen and oxygen atoms in total. The molecule has 3 aliphatic rings. The smallest absolute Gasteiger partial charge is 0.191 e. The van der Waals surface area contributed by atoms with Gasteiger partial charge in [0, 0.05) is 64.5 Å². The second-order valence-corrected chi connectivity index (χ2v) is 8.50. The maximum absolute atomic E-state index is 6.05. The van der Waals surface area contributed by atoms with Gasteiger partial charge in [0.15, 0.2) is 5.96 Å². The maximum Gasteiger partial charge on any atom is 0.191 e. The SMILES string of the molecule is CCOC1CC(NC(=NC)NC2CCN(CCCOC)CC2)C12CCCC2.I. The molecule has 7 heteroatoms. The van der Waals surface area contributed by atoms with Crippen LogP contribution in [-0.2, 0) is 9.47 Å². The van der Waals surface area contributed by atoms with Crippen LogP contribution in [0.5, 0.6) is 0 Å². The minimum Gasteiger partial charge on any atom is -0.385 e. The fourth-order valence-corrected chi connectivity index (χ4v) is 5.35. The molecule has 3 fully saturated rings. The number of halogens is 1. The molecule has 2 saturated carbocycles. The van der Waals surface area contributed by atoms with Crippen molar-refractivity contribution in [1.29, 1.82) is 0 Å². The highest BCUT2D eigenvalue weighted by Gasteiger charge is 2.57. The molecular formula is C21H41IN4O2. The van der Waals surface area contributed by atoms with Crippen LogP contribution in [0.4, 0.5) is 0 Å². The number of aliphatic imine (C=N–C) groups is 1. The minimum absolute atomic E-state index is 0. The molecule has 164 valence electrons. The lowest BCUT2D eigenvalue weighted by molar-refractivity contribution is -0.125. The third-order valence-electron chi connectivity index (χ3n) is 6.97. The number of guanidine groups is 1. The molecule has 28 heavy (non-hydrogen) atoms. The third kappa shape index (κ3) is 5.73. The van der Waals surface area contributed by atoms with E-state index in [1.54, 1.807) is 7.11 Å². The van der Waals surface area contributed by atoms with Crippen LogP contribution in [0.1, 0.15) is 58.3 Å². The number of methoxy groups -OCH3 is 1. The molecule has 0 amide bonds. The number of rotatable bonds is 8. The van der Waals surface area contributed by atoms with Crippen molar-refractivity contribution in [2.24, 2.45) is 10.4 Å². The molecule has 2 aliphatic carbocycles. The maximum atomic E-state index is 6.05. The van der Waals surface area contributed by atoms with Crippen LogP contribution in [0.15, 0.2) is 4.99 Å². The Morgan fingerprint density at radius 1 is 1.18 bits per heavy atom. The molecule has 1 saturated heterocycles. The Morgan fingerprint density at radius 2 is 1.89 bits per heavy atom. The van der Waals surface area contributed by atoms with Crippen LogP contribution in [0, 0.1) is 5.41 Å². The van der Waals surface area contributed by atoms with Gasteiger partial charge in [-0.25, -0.2) is 0 Å². The summed E-state index contributed by atoms with van der Waals surface area (Å²) in [7, 11) is 3.68. The van der Waals surface area contributed by atoms with E-state index in [1.165, 1.54) is 38.5 Å². The largest absolute Gasteiger partial charge is 0.385 e. The first-order valence-electron chi connectivity index (χ1n) is 11.0. The Balaban J connectivity index is 0.00000280. The predicted molar refractivity (Wildman–Crippen MR) is 126 cm³/mol. The lowest BCUT2D eigenvalue weighted by Gasteiger charge is -2.54. The summed E-state index contributed by atoms with van der Waals surface area (Å²) in [5, 5.41) is 7.45. The van der Waals surface area contributed by atoms with Crippen LogP contribution >= 0.6 is 24.0 Å². The molecule has 0 aromatic rings. The monoisotopic (exact) mass is 508 g/mol. The molecule has 0 aromatic carbocycles. The van der Waals surface area contributed by atoms with E-state index in [0.29, 0.717) is 23.6 Å². The molecule has 2 atom stereocenters. The number of ether oxygens (including phenoxy) is 2. The van der Waals surface area contributed by atoms with Crippen LogP contribution in [-0.4, -0.2) is 76.1 Å². The topological polar surface area (TPSA) is 58.1 Å². The van der Waals surface area contributed by atoms with Gasteiger partial charge >= 0.3 is 0 Å². The minimum atomic E-state index is 0. The first-order valence-corrected chi connectivity index (χ1v) is 11.0. The fraction of sp³-hybridized carbons (Fsp3) is 0.952. The summed E-state index contributed by atoms with van der Waals surface area (Å²) >= 11 is 0. The van der Waals surface area contributed by atoms with Crippen molar-refractivity contribution in [3.8, 4) is 0 Å². The molecular weight excluding hydrogens is 467 g/mol. The van der Waals surface area contributed by atoms with Crippen LogP contribution in [0.25, 0.3) is 0 Å². The Morgan fingerprint density at radius 3 is 2.50 bits per heavy atom. The second-order valence-electron chi connectivity index (χ2n) is 8.50. The van der Waals surface area contributed by atoms with Gasteiger partial charge in [0.05, 0.1) is 6.10 Å². The molecule has 2 N–H and O–H groups in total. The van der Waals surface area contributed by atoms with E-state index < -0.39 is 0 Å². The molecule has 3 rings (SSSR count). The van der Waals surface area contributed by atoms with E-state index in [1.807, 2.05) is 7.05 Å². The fourth-order valence-electron chi connectivity index (χ4n) is 5.35. The van der Waals surface area contributed by atoms with E-state index >= 15 is 0 Å². The highest BCUT2D eigenvalue weighted by molar-refractivity contribution is 14.0. The van der Waals surface area contributed by atoms with Gasteiger partial charge in [0.2, 0.25) is 0 Å². The molecule has 0 radical (unpaired) electrons. The normalized spacial score (nSPS) is 28.0. The number of hydrogen-bond donors (Lipinski definition) is 2. The molecule has 1 heterocycles. The zero-order valence-electron chi connectivity index (χ0n) is 18.0. The van der Waals surface area contributed by atoms with Crippen molar-refractivity contribution in [1.82, 2.24) is 15.5 Å². The van der Waals surface area contributed by atoms with Crippen LogP contribution in [0.2, 0.25) is 0 Å². The predicted octanol–water partition coefficient (Wildman–Crippen LogP) is 3.01. The van der Waals surface area contributed by atoms with Gasteiger partial charge in [-0.05, 0) is 45.4 Å². The van der Waals surface area contributed by atoms with Gasteiger partial charge in [-0.2, -0.15) is 0 Å². The summed E-state index contributed by atoms with van der Waals surface area (Å²) in [4.78, 5) is 7.09. The highest BCUT2D eigenvalue weighted by Crippen LogP contribution is 2.54. The second kappa shape index (κ2) is 11.9. The van der Waals surface area contributed by atoms with Crippen molar-refractivity contribution in [2.75, 3.05) is 47.0 Å². The summed E-state index contributed by atoms with van der Waals surface area (Å²) in [5.74, 6) is 0.985. The average Bonchev–Trinajstić information content (AvgIpc) is 3.21. The summed E-state index contributed by atoms with van der Waals surface area (Å²) < 4.78 is 11.2. The van der Waals surface area contributed by atoms with E-state index in [0.717, 1.165) is 51.6 Å². The quantitative estimate of drug-likeness (QED) is 0.229. The molecule has 1 spiro atoms. The molecule has 0 aromatic heterocycles. The lowest BCUT2D eigenvalue weighted by atomic mass is 9.60. The van der Waals surface area contributed by atoms with Gasteiger partial charge in [-0.1, -0.05) is 12.8 Å². The first-order chi connectivity index (χ1) is 13.2. The number of likely N-dealkylation sites (tertiary alicyclic amines) is 1. The van der Waals surface area contributed by atoms with E-state index in [4.69, 9.17) is 9.47 Å². The van der Waals surface area contributed by atoms with Crippen molar-refractivity contribution < 1.29 is 9.47 Å². The summed E-state index contributed by atoms with van der Waals surface area (Å²) in [6.45, 7) is 7.29. The van der Waals surface area contributed by atoms with Crippen molar-refractivity contribution in [3.63, 3.8) is 0 Å². The number of nitrogens with zero attached hydrogens (tertiary/aromatic N) is 2. The van der Waals surface area contributed by atoms with E-state index in [2.05, 4.69) is 27.4 Å². The zero-order valence-corrected chi connectivity index (χ0v) is 20.4. The van der Waals surface area contributed by atoms with Gasteiger partial charge in [0.25, 0.3) is 0 Å². The van der Waals surface area contributed by atoms with Crippen LogP contribution < -0.4 is 10.6 Å². The Bertz CT molecular complexity index is 477.